The zero-order valence-electron chi connectivity index (χ0n) is 15.5. The van der Waals surface area contributed by atoms with E-state index in [0.717, 1.165) is 13.0 Å². The van der Waals surface area contributed by atoms with Crippen molar-refractivity contribution in [3.8, 4) is 0 Å². The summed E-state index contributed by atoms with van der Waals surface area (Å²) < 4.78 is 0. The Morgan fingerprint density at radius 1 is 1.12 bits per heavy atom. The molecule has 1 amide bonds. The number of rotatable bonds is 6. The fourth-order valence-corrected chi connectivity index (χ4v) is 3.67. The smallest absolute Gasteiger partial charge is 0.224 e. The molecule has 1 atom stereocenters. The van der Waals surface area contributed by atoms with E-state index >= 15 is 0 Å². The highest BCUT2D eigenvalue weighted by Gasteiger charge is 2.26. The van der Waals surface area contributed by atoms with Gasteiger partial charge in [-0.3, -0.25) is 4.79 Å². The van der Waals surface area contributed by atoms with E-state index in [1.54, 1.807) is 0 Å². The minimum absolute atomic E-state index is 0.205. The first kappa shape index (κ1) is 17.5. The van der Waals surface area contributed by atoms with E-state index < -0.39 is 0 Å². The molecule has 0 saturated heterocycles. The maximum absolute atomic E-state index is 12.9. The van der Waals surface area contributed by atoms with Gasteiger partial charge in [-0.15, -0.1) is 0 Å². The molecule has 0 aliphatic carbocycles. The summed E-state index contributed by atoms with van der Waals surface area (Å²) in [5, 5.41) is 0. The highest BCUT2D eigenvalue weighted by atomic mass is 16.2. The van der Waals surface area contributed by atoms with Gasteiger partial charge in [0.05, 0.1) is 0 Å². The molecule has 1 heterocycles. The Morgan fingerprint density at radius 3 is 2.52 bits per heavy atom. The second-order valence-corrected chi connectivity index (χ2v) is 7.23. The van der Waals surface area contributed by atoms with Crippen LogP contribution in [0.3, 0.4) is 0 Å². The van der Waals surface area contributed by atoms with Gasteiger partial charge in [0.2, 0.25) is 5.91 Å². The average Bonchev–Trinajstić information content (AvgIpc) is 2.93. The van der Waals surface area contributed by atoms with E-state index in [1.807, 2.05) is 23.1 Å². The van der Waals surface area contributed by atoms with Gasteiger partial charge in [-0.1, -0.05) is 48.5 Å². The molecule has 0 saturated carbocycles. The van der Waals surface area contributed by atoms with Crippen molar-refractivity contribution in [2.24, 2.45) is 0 Å². The lowest BCUT2D eigenvalue weighted by Gasteiger charge is -2.30. The van der Waals surface area contributed by atoms with Crippen LogP contribution < -0.4 is 4.90 Å². The van der Waals surface area contributed by atoms with Gasteiger partial charge >= 0.3 is 0 Å². The number of fused-ring (bicyclic) bond motifs is 1. The molecule has 0 spiro atoms. The third-order valence-electron chi connectivity index (χ3n) is 5.05. The van der Waals surface area contributed by atoms with Gasteiger partial charge < -0.3 is 9.80 Å². The van der Waals surface area contributed by atoms with Crippen molar-refractivity contribution in [2.75, 3.05) is 11.4 Å². The number of para-hydroxylation sites is 1. The molecule has 1 aliphatic rings. The second-order valence-electron chi connectivity index (χ2n) is 7.23. The first-order valence-electron chi connectivity index (χ1n) is 9.24. The highest BCUT2D eigenvalue weighted by molar-refractivity contribution is 5.77. The standard InChI is InChI=1S/C22H28N2O/c1-17(2)24(16-19-9-5-4-6-10-19)22(25)13-14-23-18(3)15-20-11-7-8-12-21(20)23/h4-12,17-18H,13-16H2,1-3H3. The predicted molar refractivity (Wildman–Crippen MR) is 104 cm³/mol. The van der Waals surface area contributed by atoms with Gasteiger partial charge in [0.1, 0.15) is 0 Å². The van der Waals surface area contributed by atoms with Gasteiger partial charge in [0, 0.05) is 37.3 Å². The maximum Gasteiger partial charge on any atom is 0.224 e. The number of benzene rings is 2. The lowest BCUT2D eigenvalue weighted by Crippen LogP contribution is -2.39. The molecular formula is C22H28N2O. The van der Waals surface area contributed by atoms with Crippen molar-refractivity contribution in [3.05, 3.63) is 65.7 Å². The lowest BCUT2D eigenvalue weighted by molar-refractivity contribution is -0.133. The van der Waals surface area contributed by atoms with E-state index in [4.69, 9.17) is 0 Å². The van der Waals surface area contributed by atoms with Crippen molar-refractivity contribution in [2.45, 2.75) is 52.2 Å². The zero-order valence-corrected chi connectivity index (χ0v) is 15.5. The van der Waals surface area contributed by atoms with Crippen LogP contribution in [0, 0.1) is 0 Å². The summed E-state index contributed by atoms with van der Waals surface area (Å²) in [6.07, 6.45) is 1.63. The topological polar surface area (TPSA) is 23.6 Å². The van der Waals surface area contributed by atoms with Crippen LogP contribution in [0.1, 0.15) is 38.3 Å². The molecule has 25 heavy (non-hydrogen) atoms. The first-order chi connectivity index (χ1) is 12.1. The van der Waals surface area contributed by atoms with Crippen LogP contribution in [0.5, 0.6) is 0 Å². The van der Waals surface area contributed by atoms with Crippen LogP contribution in [-0.4, -0.2) is 29.4 Å². The predicted octanol–water partition coefficient (Wildman–Crippen LogP) is 4.26. The van der Waals surface area contributed by atoms with Crippen LogP contribution in [0.4, 0.5) is 5.69 Å². The fraction of sp³-hybridized carbons (Fsp3) is 0.409. The zero-order chi connectivity index (χ0) is 17.8. The number of carbonyl (C=O) groups is 1. The normalized spacial score (nSPS) is 16.2. The Morgan fingerprint density at radius 2 is 1.80 bits per heavy atom. The molecular weight excluding hydrogens is 308 g/mol. The number of hydrogen-bond acceptors (Lipinski definition) is 2. The van der Waals surface area contributed by atoms with Crippen LogP contribution in [-0.2, 0) is 17.8 Å². The van der Waals surface area contributed by atoms with Crippen LogP contribution in [0.25, 0.3) is 0 Å². The molecule has 0 fully saturated rings. The average molecular weight is 336 g/mol. The number of hydrogen-bond donors (Lipinski definition) is 0. The Balaban J connectivity index is 1.64. The molecule has 0 aromatic heterocycles. The largest absolute Gasteiger partial charge is 0.368 e. The summed E-state index contributed by atoms with van der Waals surface area (Å²) in [5.74, 6) is 0.232. The number of amides is 1. The highest BCUT2D eigenvalue weighted by Crippen LogP contribution is 2.31. The van der Waals surface area contributed by atoms with E-state index in [-0.39, 0.29) is 11.9 Å². The molecule has 0 bridgehead atoms. The quantitative estimate of drug-likeness (QED) is 0.787. The summed E-state index contributed by atoms with van der Waals surface area (Å²) in [6, 6.07) is 19.5. The molecule has 2 aromatic rings. The lowest BCUT2D eigenvalue weighted by atomic mass is 10.1. The van der Waals surface area contributed by atoms with Gasteiger partial charge in [-0.05, 0) is 44.4 Å². The molecule has 2 aromatic carbocycles. The SMILES string of the molecule is CC(C)N(Cc1ccccc1)C(=O)CCN1c2ccccc2CC1C. The Hall–Kier alpha value is -2.29. The van der Waals surface area contributed by atoms with E-state index in [0.29, 0.717) is 19.0 Å². The number of carbonyl (C=O) groups excluding carboxylic acids is 1. The molecule has 3 nitrogen and oxygen atoms in total. The van der Waals surface area contributed by atoms with Crippen molar-refractivity contribution in [3.63, 3.8) is 0 Å². The number of nitrogens with zero attached hydrogens (tertiary/aromatic N) is 2. The van der Waals surface area contributed by atoms with Crippen LogP contribution >= 0.6 is 0 Å². The van der Waals surface area contributed by atoms with Gasteiger partial charge in [0.25, 0.3) is 0 Å². The fourth-order valence-electron chi connectivity index (χ4n) is 3.67. The van der Waals surface area contributed by atoms with Gasteiger partial charge in [-0.2, -0.15) is 0 Å². The van der Waals surface area contributed by atoms with Crippen LogP contribution in [0.15, 0.2) is 54.6 Å². The maximum atomic E-state index is 12.9. The minimum Gasteiger partial charge on any atom is -0.368 e. The molecule has 1 unspecified atom stereocenters. The van der Waals surface area contributed by atoms with Crippen molar-refractivity contribution in [1.29, 1.82) is 0 Å². The van der Waals surface area contributed by atoms with E-state index in [9.17, 15) is 4.79 Å². The summed E-state index contributed by atoms with van der Waals surface area (Å²) in [5.41, 5.74) is 3.87. The van der Waals surface area contributed by atoms with Gasteiger partial charge in [-0.25, -0.2) is 0 Å². The third kappa shape index (κ3) is 4.04. The monoisotopic (exact) mass is 336 g/mol. The third-order valence-corrected chi connectivity index (χ3v) is 5.05. The van der Waals surface area contributed by atoms with E-state index in [1.165, 1.54) is 16.8 Å². The summed E-state index contributed by atoms with van der Waals surface area (Å²) in [4.78, 5) is 17.2. The van der Waals surface area contributed by atoms with Gasteiger partial charge in [0.15, 0.2) is 0 Å². The van der Waals surface area contributed by atoms with Crippen LogP contribution in [0.2, 0.25) is 0 Å². The molecule has 3 heteroatoms. The first-order valence-corrected chi connectivity index (χ1v) is 9.24. The Labute approximate surface area is 151 Å². The van der Waals surface area contributed by atoms with Crippen molar-refractivity contribution >= 4 is 11.6 Å². The summed E-state index contributed by atoms with van der Waals surface area (Å²) in [6.45, 7) is 7.90. The summed E-state index contributed by atoms with van der Waals surface area (Å²) in [7, 11) is 0. The minimum atomic E-state index is 0.205. The second kappa shape index (κ2) is 7.73. The molecule has 1 aliphatic heterocycles. The molecule has 3 rings (SSSR count). The Kier molecular flexibility index (Phi) is 5.42. The Bertz CT molecular complexity index is 711. The molecule has 132 valence electrons. The molecule has 0 N–H and O–H groups in total. The van der Waals surface area contributed by atoms with Crippen molar-refractivity contribution < 1.29 is 4.79 Å². The molecule has 0 radical (unpaired) electrons. The van der Waals surface area contributed by atoms with Crippen molar-refractivity contribution in [1.82, 2.24) is 4.90 Å². The number of anilines is 1. The summed E-state index contributed by atoms with van der Waals surface area (Å²) >= 11 is 0. The van der Waals surface area contributed by atoms with E-state index in [2.05, 4.69) is 62.1 Å².